The first-order chi connectivity index (χ1) is 12.6. The van der Waals surface area contributed by atoms with Gasteiger partial charge in [-0.05, 0) is 31.2 Å². The number of nitrogens with zero attached hydrogens (tertiary/aromatic N) is 3. The van der Waals surface area contributed by atoms with Crippen LogP contribution in [0.5, 0.6) is 0 Å². The zero-order valence-electron chi connectivity index (χ0n) is 14.7. The van der Waals surface area contributed by atoms with Crippen LogP contribution in [0.3, 0.4) is 0 Å². The fourth-order valence-electron chi connectivity index (χ4n) is 3.42. The molecule has 0 saturated carbocycles. The first-order valence-electron chi connectivity index (χ1n) is 8.61. The number of para-hydroxylation sites is 3. The molecule has 2 amide bonds. The number of amides is 2. The van der Waals surface area contributed by atoms with Gasteiger partial charge in [-0.2, -0.15) is 0 Å². The maximum absolute atomic E-state index is 13.3. The van der Waals surface area contributed by atoms with Gasteiger partial charge in [0.25, 0.3) is 5.91 Å². The molecule has 1 atom stereocenters. The number of rotatable bonds is 1. The predicted molar refractivity (Wildman–Crippen MR) is 102 cm³/mol. The lowest BCUT2D eigenvalue weighted by atomic mass is 10.1. The van der Waals surface area contributed by atoms with Crippen LogP contribution in [-0.4, -0.2) is 29.9 Å². The van der Waals surface area contributed by atoms with Crippen LogP contribution < -0.4 is 9.80 Å². The van der Waals surface area contributed by atoms with E-state index in [4.69, 9.17) is 0 Å². The Morgan fingerprint density at radius 1 is 1.00 bits per heavy atom. The molecule has 130 valence electrons. The molecule has 3 aromatic rings. The van der Waals surface area contributed by atoms with Crippen molar-refractivity contribution in [3.05, 3.63) is 66.4 Å². The molecule has 2 aromatic carbocycles. The number of hydrogen-bond acceptors (Lipinski definition) is 3. The third-order valence-electron chi connectivity index (χ3n) is 4.82. The first-order valence-corrected chi connectivity index (χ1v) is 8.61. The van der Waals surface area contributed by atoms with Crippen molar-refractivity contribution in [3.8, 4) is 0 Å². The summed E-state index contributed by atoms with van der Waals surface area (Å²) in [5.41, 5.74) is 2.62. The van der Waals surface area contributed by atoms with E-state index in [2.05, 4.69) is 4.98 Å². The minimum Gasteiger partial charge on any atom is -0.313 e. The molecule has 0 radical (unpaired) electrons. The smallest absolute Gasteiger partial charge is 0.277 e. The Balaban J connectivity index is 1.82. The lowest BCUT2D eigenvalue weighted by Crippen LogP contribution is -2.39. The molecule has 0 saturated heterocycles. The summed E-state index contributed by atoms with van der Waals surface area (Å²) in [5, 5.41) is 0.989. The zero-order chi connectivity index (χ0) is 18.3. The van der Waals surface area contributed by atoms with Crippen molar-refractivity contribution in [2.45, 2.75) is 19.4 Å². The number of anilines is 2. The summed E-state index contributed by atoms with van der Waals surface area (Å²) in [6, 6.07) is 18.6. The van der Waals surface area contributed by atoms with Crippen molar-refractivity contribution in [2.75, 3.05) is 16.8 Å². The Morgan fingerprint density at radius 2 is 1.69 bits per heavy atom. The second-order valence-corrected chi connectivity index (χ2v) is 6.56. The Kier molecular flexibility index (Phi) is 3.92. The molecule has 1 aliphatic rings. The normalized spacial score (nSPS) is 17.2. The van der Waals surface area contributed by atoms with Crippen LogP contribution in [0.15, 0.2) is 60.7 Å². The zero-order valence-corrected chi connectivity index (χ0v) is 14.7. The molecular weight excluding hydrogens is 326 g/mol. The molecular formula is C21H19N3O2. The second-order valence-electron chi connectivity index (χ2n) is 6.56. The molecule has 26 heavy (non-hydrogen) atoms. The molecule has 4 rings (SSSR count). The SMILES string of the molecule is CC1CC(=O)N(C)c2ccccc2N1C(=O)c1ccc2ccccc2n1. The van der Waals surface area contributed by atoms with Crippen LogP contribution in [0, 0.1) is 0 Å². The van der Waals surface area contributed by atoms with Crippen molar-refractivity contribution < 1.29 is 9.59 Å². The van der Waals surface area contributed by atoms with E-state index in [9.17, 15) is 9.59 Å². The fraction of sp³-hybridized carbons (Fsp3) is 0.190. The lowest BCUT2D eigenvalue weighted by molar-refractivity contribution is -0.118. The number of carbonyl (C=O) groups is 2. The summed E-state index contributed by atoms with van der Waals surface area (Å²) in [7, 11) is 1.75. The molecule has 2 heterocycles. The maximum Gasteiger partial charge on any atom is 0.277 e. The van der Waals surface area contributed by atoms with Crippen molar-refractivity contribution in [2.24, 2.45) is 0 Å². The van der Waals surface area contributed by atoms with Gasteiger partial charge < -0.3 is 9.80 Å². The van der Waals surface area contributed by atoms with Crippen molar-refractivity contribution >= 4 is 34.1 Å². The van der Waals surface area contributed by atoms with E-state index in [0.29, 0.717) is 5.69 Å². The summed E-state index contributed by atoms with van der Waals surface area (Å²) in [5.74, 6) is -0.203. The molecule has 0 aliphatic carbocycles. The highest BCUT2D eigenvalue weighted by Gasteiger charge is 2.33. The van der Waals surface area contributed by atoms with Gasteiger partial charge in [0.05, 0.1) is 16.9 Å². The number of aromatic nitrogens is 1. The third-order valence-corrected chi connectivity index (χ3v) is 4.82. The Labute approximate surface area is 151 Å². The number of carbonyl (C=O) groups excluding carboxylic acids is 2. The highest BCUT2D eigenvalue weighted by Crippen LogP contribution is 2.35. The van der Waals surface area contributed by atoms with Gasteiger partial charge in [0.1, 0.15) is 5.69 Å². The van der Waals surface area contributed by atoms with Gasteiger partial charge in [0, 0.05) is 24.9 Å². The number of benzene rings is 2. The molecule has 5 nitrogen and oxygen atoms in total. The van der Waals surface area contributed by atoms with Crippen LogP contribution >= 0.6 is 0 Å². The average Bonchev–Trinajstić information content (AvgIpc) is 2.76. The van der Waals surface area contributed by atoms with E-state index in [1.54, 1.807) is 22.9 Å². The quantitative estimate of drug-likeness (QED) is 0.677. The molecule has 1 unspecified atom stereocenters. The van der Waals surface area contributed by atoms with E-state index >= 15 is 0 Å². The summed E-state index contributed by atoms with van der Waals surface area (Å²) in [6.45, 7) is 1.90. The van der Waals surface area contributed by atoms with Crippen LogP contribution in [0.4, 0.5) is 11.4 Å². The van der Waals surface area contributed by atoms with Gasteiger partial charge in [-0.1, -0.05) is 36.4 Å². The van der Waals surface area contributed by atoms with Crippen LogP contribution in [0.1, 0.15) is 23.8 Å². The van der Waals surface area contributed by atoms with Gasteiger partial charge in [-0.25, -0.2) is 4.98 Å². The summed E-state index contributed by atoms with van der Waals surface area (Å²) >= 11 is 0. The molecule has 5 heteroatoms. The van der Waals surface area contributed by atoms with Gasteiger partial charge in [-0.3, -0.25) is 9.59 Å². The maximum atomic E-state index is 13.3. The predicted octanol–water partition coefficient (Wildman–Crippen LogP) is 3.64. The van der Waals surface area contributed by atoms with Crippen molar-refractivity contribution in [1.29, 1.82) is 0 Å². The fourth-order valence-corrected chi connectivity index (χ4v) is 3.42. The minimum absolute atomic E-state index is 0.00767. The van der Waals surface area contributed by atoms with Crippen LogP contribution in [0.2, 0.25) is 0 Å². The largest absolute Gasteiger partial charge is 0.313 e. The molecule has 0 spiro atoms. The third kappa shape index (κ3) is 2.62. The molecule has 0 bridgehead atoms. The standard InChI is InChI=1S/C21H19N3O2/c1-14-13-20(25)23(2)18-9-5-6-10-19(18)24(14)21(26)17-12-11-15-7-3-4-8-16(15)22-17/h3-12,14H,13H2,1-2H3. The molecule has 0 fully saturated rings. The molecule has 1 aliphatic heterocycles. The van der Waals surface area contributed by atoms with E-state index in [-0.39, 0.29) is 24.3 Å². The number of hydrogen-bond donors (Lipinski definition) is 0. The van der Waals surface area contributed by atoms with E-state index in [0.717, 1.165) is 22.3 Å². The second kappa shape index (κ2) is 6.26. The topological polar surface area (TPSA) is 53.5 Å². The highest BCUT2D eigenvalue weighted by molar-refractivity contribution is 6.11. The van der Waals surface area contributed by atoms with E-state index < -0.39 is 0 Å². The van der Waals surface area contributed by atoms with Gasteiger partial charge >= 0.3 is 0 Å². The van der Waals surface area contributed by atoms with Gasteiger partial charge in [0.15, 0.2) is 0 Å². The minimum atomic E-state index is -0.255. The summed E-state index contributed by atoms with van der Waals surface area (Å²) < 4.78 is 0. The van der Waals surface area contributed by atoms with Crippen LogP contribution in [-0.2, 0) is 4.79 Å². The Morgan fingerprint density at radius 3 is 2.50 bits per heavy atom. The lowest BCUT2D eigenvalue weighted by Gasteiger charge is -2.27. The van der Waals surface area contributed by atoms with Crippen molar-refractivity contribution in [3.63, 3.8) is 0 Å². The summed E-state index contributed by atoms with van der Waals surface area (Å²) in [6.07, 6.45) is 0.268. The van der Waals surface area contributed by atoms with E-state index in [1.165, 1.54) is 0 Å². The average molecular weight is 345 g/mol. The summed E-state index contributed by atoms with van der Waals surface area (Å²) in [4.78, 5) is 33.6. The molecule has 1 aromatic heterocycles. The molecule has 0 N–H and O–H groups in total. The Hall–Kier alpha value is -3.21. The van der Waals surface area contributed by atoms with Crippen molar-refractivity contribution in [1.82, 2.24) is 4.98 Å². The van der Waals surface area contributed by atoms with Gasteiger partial charge in [-0.15, -0.1) is 0 Å². The monoisotopic (exact) mass is 345 g/mol. The number of pyridine rings is 1. The number of fused-ring (bicyclic) bond motifs is 2. The highest BCUT2D eigenvalue weighted by atomic mass is 16.2. The Bertz CT molecular complexity index is 1010. The first kappa shape index (κ1) is 16.3. The van der Waals surface area contributed by atoms with E-state index in [1.807, 2.05) is 61.5 Å². The van der Waals surface area contributed by atoms with Crippen LogP contribution in [0.25, 0.3) is 10.9 Å². The van der Waals surface area contributed by atoms with Gasteiger partial charge in [0.2, 0.25) is 5.91 Å².